The Hall–Kier alpha value is 0. The second kappa shape index (κ2) is 8.59. The largest absolute Gasteiger partial charge is 0.0654 e. The first-order valence-electron chi connectivity index (χ1n) is 6.26. The van der Waals surface area contributed by atoms with Crippen molar-refractivity contribution >= 4 is 0 Å². The molecule has 0 aliphatic rings. The van der Waals surface area contributed by atoms with Gasteiger partial charge in [0.25, 0.3) is 0 Å². The maximum Gasteiger partial charge on any atom is -0.0391 e. The average Bonchev–Trinajstić information content (AvgIpc) is 2.13. The lowest BCUT2D eigenvalue weighted by Gasteiger charge is -2.22. The zero-order valence-electron chi connectivity index (χ0n) is 10.1. The van der Waals surface area contributed by atoms with Crippen molar-refractivity contribution in [2.75, 3.05) is 0 Å². The van der Waals surface area contributed by atoms with E-state index in [0.717, 1.165) is 11.8 Å². The summed E-state index contributed by atoms with van der Waals surface area (Å²) in [6.45, 7) is 9.37. The molecule has 0 N–H and O–H groups in total. The molecule has 0 saturated carbocycles. The molecule has 0 amide bonds. The highest BCUT2D eigenvalue weighted by molar-refractivity contribution is 4.64. The fraction of sp³-hybridized carbons (Fsp3) is 1.00. The van der Waals surface area contributed by atoms with E-state index in [1.54, 1.807) is 0 Å². The normalized spacial score (nSPS) is 15.7. The van der Waals surface area contributed by atoms with Crippen molar-refractivity contribution in [2.24, 2.45) is 11.8 Å². The van der Waals surface area contributed by atoms with Crippen molar-refractivity contribution < 1.29 is 0 Å². The van der Waals surface area contributed by atoms with Crippen molar-refractivity contribution in [3.63, 3.8) is 0 Å². The highest BCUT2D eigenvalue weighted by atomic mass is 14.2. The number of rotatable bonds is 8. The predicted molar refractivity (Wildman–Crippen MR) is 62.0 cm³/mol. The molecule has 2 unspecified atom stereocenters. The summed E-state index contributed by atoms with van der Waals surface area (Å²) < 4.78 is 0. The monoisotopic (exact) mass is 184 g/mol. The van der Waals surface area contributed by atoms with Crippen LogP contribution in [0.5, 0.6) is 0 Å². The SMILES string of the molecule is CCCCCC(CC)C(C)CCC. The molecular weight excluding hydrogens is 156 g/mol. The fourth-order valence-corrected chi connectivity index (χ4v) is 2.24. The third kappa shape index (κ3) is 6.12. The van der Waals surface area contributed by atoms with E-state index in [-0.39, 0.29) is 0 Å². The van der Waals surface area contributed by atoms with Gasteiger partial charge in [-0.15, -0.1) is 0 Å². The zero-order chi connectivity index (χ0) is 10.1. The average molecular weight is 184 g/mol. The predicted octanol–water partition coefficient (Wildman–Crippen LogP) is 5.03. The van der Waals surface area contributed by atoms with Gasteiger partial charge in [0.05, 0.1) is 0 Å². The van der Waals surface area contributed by atoms with E-state index in [9.17, 15) is 0 Å². The van der Waals surface area contributed by atoms with E-state index in [4.69, 9.17) is 0 Å². The van der Waals surface area contributed by atoms with Crippen LogP contribution in [0.25, 0.3) is 0 Å². The standard InChI is InChI=1S/C13H28/c1-5-8-9-11-13(7-3)12(4)10-6-2/h12-13H,5-11H2,1-4H3. The smallest absolute Gasteiger partial charge is 0.0391 e. The molecule has 0 heterocycles. The summed E-state index contributed by atoms with van der Waals surface area (Å²) in [7, 11) is 0. The first kappa shape index (κ1) is 13.0. The van der Waals surface area contributed by atoms with Crippen LogP contribution >= 0.6 is 0 Å². The first-order valence-corrected chi connectivity index (χ1v) is 6.26. The summed E-state index contributed by atoms with van der Waals surface area (Å²) in [5, 5.41) is 0. The molecule has 0 aliphatic carbocycles. The van der Waals surface area contributed by atoms with Crippen LogP contribution in [0.15, 0.2) is 0 Å². The number of unbranched alkanes of at least 4 members (excludes halogenated alkanes) is 2. The lowest BCUT2D eigenvalue weighted by Crippen LogP contribution is -2.10. The Kier molecular flexibility index (Phi) is 8.59. The molecule has 0 radical (unpaired) electrons. The van der Waals surface area contributed by atoms with E-state index < -0.39 is 0 Å². The summed E-state index contributed by atoms with van der Waals surface area (Å²) >= 11 is 0. The second-order valence-electron chi connectivity index (χ2n) is 4.43. The minimum Gasteiger partial charge on any atom is -0.0654 e. The third-order valence-electron chi connectivity index (χ3n) is 3.25. The van der Waals surface area contributed by atoms with Gasteiger partial charge in [-0.25, -0.2) is 0 Å². The van der Waals surface area contributed by atoms with Gasteiger partial charge in [0, 0.05) is 0 Å². The van der Waals surface area contributed by atoms with Crippen LogP contribution < -0.4 is 0 Å². The van der Waals surface area contributed by atoms with E-state index in [0.29, 0.717) is 0 Å². The van der Waals surface area contributed by atoms with Gasteiger partial charge in [0.15, 0.2) is 0 Å². The van der Waals surface area contributed by atoms with Crippen molar-refractivity contribution in [3.05, 3.63) is 0 Å². The quantitative estimate of drug-likeness (QED) is 0.464. The molecule has 0 aromatic heterocycles. The van der Waals surface area contributed by atoms with Gasteiger partial charge in [0.1, 0.15) is 0 Å². The van der Waals surface area contributed by atoms with Gasteiger partial charge < -0.3 is 0 Å². The van der Waals surface area contributed by atoms with Crippen LogP contribution in [0.3, 0.4) is 0 Å². The topological polar surface area (TPSA) is 0 Å². The minimum atomic E-state index is 0.951. The summed E-state index contributed by atoms with van der Waals surface area (Å²) in [6.07, 6.45) is 9.85. The van der Waals surface area contributed by atoms with E-state index in [1.807, 2.05) is 0 Å². The molecule has 0 aromatic rings. The lowest BCUT2D eigenvalue weighted by atomic mass is 9.84. The highest BCUT2D eigenvalue weighted by Crippen LogP contribution is 2.25. The summed E-state index contributed by atoms with van der Waals surface area (Å²) in [5.74, 6) is 1.94. The maximum atomic E-state index is 2.43. The molecule has 0 heteroatoms. The van der Waals surface area contributed by atoms with Crippen LogP contribution in [0.2, 0.25) is 0 Å². The molecule has 0 spiro atoms. The highest BCUT2D eigenvalue weighted by Gasteiger charge is 2.13. The summed E-state index contributed by atoms with van der Waals surface area (Å²) in [5.41, 5.74) is 0. The van der Waals surface area contributed by atoms with Crippen molar-refractivity contribution in [3.8, 4) is 0 Å². The Morgan fingerprint density at radius 1 is 0.846 bits per heavy atom. The molecule has 0 bridgehead atoms. The van der Waals surface area contributed by atoms with Crippen LogP contribution in [-0.4, -0.2) is 0 Å². The van der Waals surface area contributed by atoms with Crippen LogP contribution in [0.1, 0.15) is 72.6 Å². The fourth-order valence-electron chi connectivity index (χ4n) is 2.24. The van der Waals surface area contributed by atoms with Gasteiger partial charge in [-0.05, 0) is 11.8 Å². The zero-order valence-corrected chi connectivity index (χ0v) is 10.1. The third-order valence-corrected chi connectivity index (χ3v) is 3.25. The molecule has 0 fully saturated rings. The maximum absolute atomic E-state index is 2.43. The molecule has 0 nitrogen and oxygen atoms in total. The van der Waals surface area contributed by atoms with Crippen LogP contribution in [0, 0.1) is 11.8 Å². The molecule has 0 rings (SSSR count). The Morgan fingerprint density at radius 2 is 1.54 bits per heavy atom. The van der Waals surface area contributed by atoms with Gasteiger partial charge in [-0.1, -0.05) is 72.6 Å². The van der Waals surface area contributed by atoms with Crippen molar-refractivity contribution in [1.82, 2.24) is 0 Å². The van der Waals surface area contributed by atoms with Gasteiger partial charge >= 0.3 is 0 Å². The van der Waals surface area contributed by atoms with E-state index in [1.165, 1.54) is 44.9 Å². The summed E-state index contributed by atoms with van der Waals surface area (Å²) in [4.78, 5) is 0. The molecule has 0 saturated heterocycles. The minimum absolute atomic E-state index is 0.951. The first-order chi connectivity index (χ1) is 6.26. The molecule has 2 atom stereocenters. The molecule has 0 aromatic carbocycles. The molecule has 0 aliphatic heterocycles. The lowest BCUT2D eigenvalue weighted by molar-refractivity contribution is 0.298. The Balaban J connectivity index is 3.60. The molecular formula is C13H28. The van der Waals surface area contributed by atoms with Gasteiger partial charge in [-0.3, -0.25) is 0 Å². The second-order valence-corrected chi connectivity index (χ2v) is 4.43. The van der Waals surface area contributed by atoms with E-state index >= 15 is 0 Å². The van der Waals surface area contributed by atoms with E-state index in [2.05, 4.69) is 27.7 Å². The van der Waals surface area contributed by atoms with Gasteiger partial charge in [-0.2, -0.15) is 0 Å². The summed E-state index contributed by atoms with van der Waals surface area (Å²) in [6, 6.07) is 0. The Morgan fingerprint density at radius 3 is 2.00 bits per heavy atom. The van der Waals surface area contributed by atoms with Gasteiger partial charge in [0.2, 0.25) is 0 Å². The Bertz CT molecular complexity index is 96.2. The van der Waals surface area contributed by atoms with Crippen LogP contribution in [-0.2, 0) is 0 Å². The molecule has 13 heavy (non-hydrogen) atoms. The van der Waals surface area contributed by atoms with Crippen molar-refractivity contribution in [2.45, 2.75) is 72.6 Å². The Labute approximate surface area is 85.1 Å². The molecule has 80 valence electrons. The van der Waals surface area contributed by atoms with Crippen LogP contribution in [0.4, 0.5) is 0 Å². The van der Waals surface area contributed by atoms with Crippen molar-refractivity contribution in [1.29, 1.82) is 0 Å². The number of hydrogen-bond donors (Lipinski definition) is 0. The number of hydrogen-bond acceptors (Lipinski definition) is 0.